The fraction of sp³-hybridized carbons (Fsp3) is 0.261. The lowest BCUT2D eigenvalue weighted by molar-refractivity contribution is -0.124. The number of aliphatic hydroxyl groups is 1. The smallest absolute Gasteiger partial charge is 0.259 e. The summed E-state index contributed by atoms with van der Waals surface area (Å²) in [5.41, 5.74) is 4.11. The zero-order valence-electron chi connectivity index (χ0n) is 18.1. The first-order chi connectivity index (χ1) is 15.4. The van der Waals surface area contributed by atoms with Crippen LogP contribution in [0.3, 0.4) is 0 Å². The highest BCUT2D eigenvalue weighted by Gasteiger charge is 2.19. The number of fused-ring (bicyclic) bond motifs is 1. The maximum absolute atomic E-state index is 12.5. The van der Waals surface area contributed by atoms with Crippen LogP contribution in [0.2, 0.25) is 0 Å². The third kappa shape index (κ3) is 4.73. The summed E-state index contributed by atoms with van der Waals surface area (Å²) in [5, 5.41) is 20.8. The number of rotatable bonds is 7. The van der Waals surface area contributed by atoms with E-state index in [1.807, 2.05) is 45.2 Å². The molecule has 3 N–H and O–H groups in total. The van der Waals surface area contributed by atoms with Crippen molar-refractivity contribution >= 4 is 28.6 Å². The van der Waals surface area contributed by atoms with E-state index in [2.05, 4.69) is 30.7 Å². The Balaban J connectivity index is 1.44. The molecule has 0 aliphatic heterocycles. The predicted octanol–water partition coefficient (Wildman–Crippen LogP) is 3.39. The Labute approximate surface area is 185 Å². The molecule has 4 rings (SSSR count). The fourth-order valence-electron chi connectivity index (χ4n) is 3.25. The van der Waals surface area contributed by atoms with Crippen LogP contribution in [-0.4, -0.2) is 35.7 Å². The predicted molar refractivity (Wildman–Crippen MR) is 122 cm³/mol. The van der Waals surface area contributed by atoms with Gasteiger partial charge in [0.05, 0.1) is 24.1 Å². The molecular weight excluding hydrogens is 406 g/mol. The van der Waals surface area contributed by atoms with E-state index in [-0.39, 0.29) is 6.04 Å². The van der Waals surface area contributed by atoms with Crippen molar-refractivity contribution in [1.82, 2.24) is 24.7 Å². The first-order valence-corrected chi connectivity index (χ1v) is 10.4. The van der Waals surface area contributed by atoms with E-state index in [4.69, 9.17) is 0 Å². The van der Waals surface area contributed by atoms with Gasteiger partial charge in [-0.05, 0) is 50.1 Å². The monoisotopic (exact) mass is 431 g/mol. The molecule has 32 heavy (non-hydrogen) atoms. The van der Waals surface area contributed by atoms with Gasteiger partial charge in [0.2, 0.25) is 5.65 Å². The molecule has 0 aliphatic carbocycles. The summed E-state index contributed by atoms with van der Waals surface area (Å²) < 4.78 is 1.80. The number of benzene rings is 1. The molecule has 4 aromatic rings. The van der Waals surface area contributed by atoms with E-state index in [0.29, 0.717) is 22.8 Å². The second-order valence-corrected chi connectivity index (χ2v) is 7.59. The maximum atomic E-state index is 12.5. The number of nitrogens with zero attached hydrogens (tertiary/aromatic N) is 5. The zero-order valence-corrected chi connectivity index (χ0v) is 18.1. The molecule has 0 spiro atoms. The average molecular weight is 432 g/mol. The third-order valence-electron chi connectivity index (χ3n) is 5.08. The Hall–Kier alpha value is -3.85. The van der Waals surface area contributed by atoms with Gasteiger partial charge in [-0.1, -0.05) is 18.2 Å². The molecule has 3 heterocycles. The van der Waals surface area contributed by atoms with Crippen LogP contribution < -0.4 is 10.6 Å². The number of hydrogen-bond donors (Lipinski definition) is 3. The standard InChI is InChI=1S/C23H25N7O2/c1-4-30-13-19-22(29-30)28-20(12-25-19)26-15(3)16-6-5-7-17(10-16)27-23(32)21(31)18-9-8-14(2)11-24-18/h5-13,15,21,31H,4H2,1-3H3,(H,27,32)(H,26,28,29)/t15-,21?/m0/s1. The second-order valence-electron chi connectivity index (χ2n) is 7.59. The summed E-state index contributed by atoms with van der Waals surface area (Å²) in [7, 11) is 0. The lowest BCUT2D eigenvalue weighted by Gasteiger charge is -2.16. The summed E-state index contributed by atoms with van der Waals surface area (Å²) in [6.07, 6.45) is 3.81. The van der Waals surface area contributed by atoms with E-state index in [1.54, 1.807) is 35.3 Å². The summed E-state index contributed by atoms with van der Waals surface area (Å²) in [5.74, 6) is 0.0728. The van der Waals surface area contributed by atoms with E-state index in [0.717, 1.165) is 23.2 Å². The molecule has 0 radical (unpaired) electrons. The highest BCUT2D eigenvalue weighted by atomic mass is 16.3. The van der Waals surface area contributed by atoms with Crippen LogP contribution in [0.5, 0.6) is 0 Å². The van der Waals surface area contributed by atoms with Crippen LogP contribution in [0.25, 0.3) is 11.2 Å². The SMILES string of the molecule is CCn1cc2ncc(N[C@@H](C)c3cccc(NC(=O)C(O)c4ccc(C)cn4)c3)nc2n1. The molecule has 0 aliphatic rings. The average Bonchev–Trinajstić information content (AvgIpc) is 3.22. The number of nitrogens with one attached hydrogen (secondary N) is 2. The number of carbonyl (C=O) groups excluding carboxylic acids is 1. The van der Waals surface area contributed by atoms with Crippen LogP contribution in [0.15, 0.2) is 55.0 Å². The summed E-state index contributed by atoms with van der Waals surface area (Å²) in [6, 6.07) is 10.8. The first kappa shape index (κ1) is 21.4. The van der Waals surface area contributed by atoms with Crippen molar-refractivity contribution in [1.29, 1.82) is 0 Å². The summed E-state index contributed by atoms with van der Waals surface area (Å²) in [6.45, 7) is 6.65. The van der Waals surface area contributed by atoms with Crippen LogP contribution in [0.1, 0.15) is 42.8 Å². The van der Waals surface area contributed by atoms with Crippen LogP contribution in [0.4, 0.5) is 11.5 Å². The van der Waals surface area contributed by atoms with Crippen molar-refractivity contribution < 1.29 is 9.90 Å². The first-order valence-electron chi connectivity index (χ1n) is 10.4. The Kier molecular flexibility index (Phi) is 6.09. The molecule has 3 aromatic heterocycles. The number of pyridine rings is 1. The molecule has 0 fully saturated rings. The molecule has 9 nitrogen and oxygen atoms in total. The van der Waals surface area contributed by atoms with Crippen molar-refractivity contribution in [2.45, 2.75) is 39.5 Å². The Morgan fingerprint density at radius 3 is 2.78 bits per heavy atom. The third-order valence-corrected chi connectivity index (χ3v) is 5.08. The molecule has 1 unspecified atom stereocenters. The van der Waals surface area contributed by atoms with E-state index < -0.39 is 12.0 Å². The van der Waals surface area contributed by atoms with Gasteiger partial charge < -0.3 is 15.7 Å². The topological polar surface area (TPSA) is 118 Å². The number of carbonyl (C=O) groups is 1. The lowest BCUT2D eigenvalue weighted by Crippen LogP contribution is -2.21. The van der Waals surface area contributed by atoms with Crippen LogP contribution >= 0.6 is 0 Å². The maximum Gasteiger partial charge on any atom is 0.259 e. The minimum absolute atomic E-state index is 0.101. The number of aryl methyl sites for hydroxylation is 2. The van der Waals surface area contributed by atoms with Crippen molar-refractivity contribution in [3.63, 3.8) is 0 Å². The fourth-order valence-corrected chi connectivity index (χ4v) is 3.25. The van der Waals surface area contributed by atoms with Gasteiger partial charge >= 0.3 is 0 Å². The van der Waals surface area contributed by atoms with Crippen molar-refractivity contribution in [3.05, 3.63) is 71.8 Å². The molecule has 164 valence electrons. The number of anilines is 2. The van der Waals surface area contributed by atoms with Gasteiger partial charge in [-0.25, -0.2) is 9.97 Å². The second kappa shape index (κ2) is 9.11. The van der Waals surface area contributed by atoms with E-state index in [1.165, 1.54) is 0 Å². The molecular formula is C23H25N7O2. The van der Waals surface area contributed by atoms with Crippen LogP contribution in [-0.2, 0) is 11.3 Å². The van der Waals surface area contributed by atoms with Crippen molar-refractivity contribution in [2.24, 2.45) is 0 Å². The van der Waals surface area contributed by atoms with Gasteiger partial charge in [-0.3, -0.25) is 14.5 Å². The quantitative estimate of drug-likeness (QED) is 0.410. The highest BCUT2D eigenvalue weighted by molar-refractivity contribution is 5.94. The van der Waals surface area contributed by atoms with Gasteiger partial charge in [0.1, 0.15) is 11.3 Å². The largest absolute Gasteiger partial charge is 0.377 e. The molecule has 0 saturated heterocycles. The molecule has 1 amide bonds. The Bertz CT molecular complexity index is 1240. The van der Waals surface area contributed by atoms with Crippen LogP contribution in [0, 0.1) is 6.92 Å². The van der Waals surface area contributed by atoms with Crippen molar-refractivity contribution in [2.75, 3.05) is 10.6 Å². The lowest BCUT2D eigenvalue weighted by atomic mass is 10.1. The molecule has 0 saturated carbocycles. The van der Waals surface area contributed by atoms with E-state index in [9.17, 15) is 9.90 Å². The van der Waals surface area contributed by atoms with Gasteiger partial charge in [0, 0.05) is 18.4 Å². The Morgan fingerprint density at radius 1 is 1.19 bits per heavy atom. The molecule has 0 bridgehead atoms. The summed E-state index contributed by atoms with van der Waals surface area (Å²) >= 11 is 0. The summed E-state index contributed by atoms with van der Waals surface area (Å²) in [4.78, 5) is 25.5. The molecule has 9 heteroatoms. The van der Waals surface area contributed by atoms with Crippen molar-refractivity contribution in [3.8, 4) is 0 Å². The molecule has 2 atom stereocenters. The zero-order chi connectivity index (χ0) is 22.7. The minimum Gasteiger partial charge on any atom is -0.377 e. The molecule has 1 aromatic carbocycles. The number of hydrogen-bond acceptors (Lipinski definition) is 7. The number of aromatic nitrogens is 5. The van der Waals surface area contributed by atoms with Gasteiger partial charge in [0.15, 0.2) is 6.10 Å². The van der Waals surface area contributed by atoms with Gasteiger partial charge in [0.25, 0.3) is 5.91 Å². The van der Waals surface area contributed by atoms with Gasteiger partial charge in [-0.2, -0.15) is 5.10 Å². The number of amides is 1. The number of aliphatic hydroxyl groups excluding tert-OH is 1. The van der Waals surface area contributed by atoms with Gasteiger partial charge in [-0.15, -0.1) is 0 Å². The highest BCUT2D eigenvalue weighted by Crippen LogP contribution is 2.22. The Morgan fingerprint density at radius 2 is 2.03 bits per heavy atom. The minimum atomic E-state index is -1.35. The van der Waals surface area contributed by atoms with E-state index >= 15 is 0 Å². The normalized spacial score (nSPS) is 13.0.